The molecule has 2 nitrogen and oxygen atoms in total. The van der Waals surface area contributed by atoms with E-state index in [1.165, 1.54) is 0 Å². The van der Waals surface area contributed by atoms with Crippen LogP contribution in [0.15, 0.2) is 42.5 Å². The summed E-state index contributed by atoms with van der Waals surface area (Å²) in [6.07, 6.45) is -0.260. The second-order valence-electron chi connectivity index (χ2n) is 10.5. The maximum Gasteiger partial charge on any atom is 0.193 e. The largest absolute Gasteiger partial charge is 0.408 e. The van der Waals surface area contributed by atoms with Gasteiger partial charge in [-0.2, -0.15) is 0 Å². The van der Waals surface area contributed by atoms with Crippen LogP contribution in [0.5, 0.6) is 0 Å². The van der Waals surface area contributed by atoms with Gasteiger partial charge in [0, 0.05) is 17.6 Å². The van der Waals surface area contributed by atoms with Crippen molar-refractivity contribution < 1.29 is 8.82 Å². The van der Waals surface area contributed by atoms with E-state index in [0.717, 1.165) is 17.7 Å². The second-order valence-corrected chi connectivity index (χ2v) is 16.1. The minimum absolute atomic E-state index is 0.0377. The van der Waals surface area contributed by atoms with Gasteiger partial charge in [0.2, 0.25) is 0 Å². The third kappa shape index (κ3) is 5.54. The van der Waals surface area contributed by atoms with Crippen molar-refractivity contribution in [2.75, 3.05) is 6.54 Å². The van der Waals surface area contributed by atoms with Crippen molar-refractivity contribution in [2.24, 2.45) is 5.92 Å². The zero-order valence-corrected chi connectivity index (χ0v) is 22.1. The Morgan fingerprint density at radius 2 is 1.74 bits per heavy atom. The van der Waals surface area contributed by atoms with Gasteiger partial charge in [0.05, 0.1) is 17.2 Å². The molecule has 1 aliphatic heterocycles. The lowest BCUT2D eigenvalue weighted by Gasteiger charge is -2.42. The molecule has 0 aliphatic carbocycles. The fourth-order valence-electron chi connectivity index (χ4n) is 3.81. The Balaban J connectivity index is 2.13. The van der Waals surface area contributed by atoms with Gasteiger partial charge < -0.3 is 4.43 Å². The first-order chi connectivity index (χ1) is 14.3. The van der Waals surface area contributed by atoms with Gasteiger partial charge in [-0.15, -0.1) is 0 Å². The molecule has 1 fully saturated rings. The normalized spacial score (nSPS) is 21.3. The van der Waals surface area contributed by atoms with Crippen molar-refractivity contribution in [3.05, 3.63) is 69.5 Å². The van der Waals surface area contributed by atoms with E-state index in [4.69, 9.17) is 27.6 Å². The Morgan fingerprint density at radius 1 is 1.06 bits per heavy atom. The Labute approximate surface area is 197 Å². The highest BCUT2D eigenvalue weighted by molar-refractivity contribution is 6.74. The molecule has 0 saturated carbocycles. The lowest BCUT2D eigenvalue weighted by molar-refractivity contribution is 0.101. The van der Waals surface area contributed by atoms with Gasteiger partial charge >= 0.3 is 0 Å². The van der Waals surface area contributed by atoms with Crippen LogP contribution in [0.25, 0.3) is 0 Å². The van der Waals surface area contributed by atoms with Gasteiger partial charge in [-0.3, -0.25) is 4.90 Å². The Kier molecular flexibility index (Phi) is 7.29. The van der Waals surface area contributed by atoms with Crippen LogP contribution in [0.4, 0.5) is 4.39 Å². The molecule has 3 rings (SSSR count). The van der Waals surface area contributed by atoms with Gasteiger partial charge in [-0.1, -0.05) is 76.0 Å². The molecule has 170 valence electrons. The van der Waals surface area contributed by atoms with Crippen molar-refractivity contribution in [3.8, 4) is 0 Å². The molecule has 0 amide bonds. The summed E-state index contributed by atoms with van der Waals surface area (Å²) in [5, 5.41) is 0.850. The molecular formula is C25H34Cl2FNOSi. The molecule has 0 N–H and O–H groups in total. The standard InChI is InChI=1S/C25H34Cl2FNOSi/c1-16(2)22-15-29(22)23(17-11-12-20(27)21(28)14-17)24(18-9-8-10-19(26)13-18)30-31(6,7)25(3,4)5/h8-14,16,22-24H,15H2,1-7H3/t22?,23-,24+,29?/m1/s1. The predicted octanol–water partition coefficient (Wildman–Crippen LogP) is 8.28. The second kappa shape index (κ2) is 9.15. The lowest BCUT2D eigenvalue weighted by Crippen LogP contribution is -2.43. The molecule has 2 aromatic rings. The van der Waals surface area contributed by atoms with Crippen molar-refractivity contribution in [3.63, 3.8) is 0 Å². The topological polar surface area (TPSA) is 12.2 Å². The molecule has 0 radical (unpaired) electrons. The molecule has 31 heavy (non-hydrogen) atoms. The summed E-state index contributed by atoms with van der Waals surface area (Å²) in [4.78, 5) is 2.42. The van der Waals surface area contributed by atoms with Crippen LogP contribution >= 0.6 is 23.2 Å². The first-order valence-electron chi connectivity index (χ1n) is 11.0. The molecule has 1 heterocycles. The van der Waals surface area contributed by atoms with Crippen LogP contribution in [0.1, 0.15) is 57.9 Å². The van der Waals surface area contributed by atoms with Crippen LogP contribution in [-0.2, 0) is 4.43 Å². The van der Waals surface area contributed by atoms with Crippen molar-refractivity contribution in [1.29, 1.82) is 0 Å². The number of halogens is 3. The summed E-state index contributed by atoms with van der Waals surface area (Å²) in [6.45, 7) is 16.6. The highest BCUT2D eigenvalue weighted by atomic mass is 35.5. The lowest BCUT2D eigenvalue weighted by atomic mass is 9.95. The van der Waals surface area contributed by atoms with E-state index < -0.39 is 14.1 Å². The highest BCUT2D eigenvalue weighted by Gasteiger charge is 2.49. The first-order valence-corrected chi connectivity index (χ1v) is 14.6. The SMILES string of the molecule is CC(C)C1CN1[C@H](c1ccc(Cl)c(F)c1)[C@@H](O[Si](C)(C)C(C)(C)C)c1cccc(Cl)c1. The fraction of sp³-hybridized carbons (Fsp3) is 0.520. The van der Waals surface area contributed by atoms with E-state index >= 15 is 0 Å². The van der Waals surface area contributed by atoms with E-state index in [0.29, 0.717) is 17.0 Å². The molecule has 0 aromatic heterocycles. The third-order valence-electron chi connectivity index (χ3n) is 6.79. The summed E-state index contributed by atoms with van der Waals surface area (Å²) >= 11 is 12.4. The van der Waals surface area contributed by atoms with Crippen LogP contribution in [-0.4, -0.2) is 25.8 Å². The van der Waals surface area contributed by atoms with Crippen molar-refractivity contribution in [2.45, 2.75) is 70.9 Å². The minimum Gasteiger partial charge on any atom is -0.408 e. The molecular weight excluding hydrogens is 448 g/mol. The maximum atomic E-state index is 14.5. The van der Waals surface area contributed by atoms with E-state index in [1.807, 2.05) is 24.3 Å². The molecule has 2 aromatic carbocycles. The van der Waals surface area contributed by atoms with Crippen LogP contribution < -0.4 is 0 Å². The van der Waals surface area contributed by atoms with Crippen LogP contribution in [0, 0.1) is 11.7 Å². The average Bonchev–Trinajstić information content (AvgIpc) is 3.44. The van der Waals surface area contributed by atoms with Gasteiger partial charge in [-0.05, 0) is 59.4 Å². The molecule has 6 heteroatoms. The molecule has 1 saturated heterocycles. The quantitative estimate of drug-likeness (QED) is 0.291. The summed E-state index contributed by atoms with van der Waals surface area (Å²) in [6, 6.07) is 13.3. The summed E-state index contributed by atoms with van der Waals surface area (Å²) in [5.74, 6) is 0.108. The Bertz CT molecular complexity index is 928. The smallest absolute Gasteiger partial charge is 0.193 e. The van der Waals surface area contributed by atoms with Gasteiger partial charge in [0.25, 0.3) is 0 Å². The summed E-state index contributed by atoms with van der Waals surface area (Å²) in [5.41, 5.74) is 1.90. The first kappa shape index (κ1) is 24.7. The van der Waals surface area contributed by atoms with Crippen LogP contribution in [0.2, 0.25) is 28.2 Å². The van der Waals surface area contributed by atoms with Gasteiger partial charge in [-0.25, -0.2) is 4.39 Å². The Morgan fingerprint density at radius 3 is 2.26 bits per heavy atom. The summed E-state index contributed by atoms with van der Waals surface area (Å²) in [7, 11) is -2.15. The van der Waals surface area contributed by atoms with Crippen molar-refractivity contribution in [1.82, 2.24) is 4.90 Å². The van der Waals surface area contributed by atoms with E-state index in [9.17, 15) is 4.39 Å². The number of nitrogens with zero attached hydrogens (tertiary/aromatic N) is 1. The van der Waals surface area contributed by atoms with E-state index in [2.05, 4.69) is 58.7 Å². The summed E-state index contributed by atoms with van der Waals surface area (Å²) < 4.78 is 21.6. The number of hydrogen-bond donors (Lipinski definition) is 0. The van der Waals surface area contributed by atoms with Gasteiger partial charge in [0.15, 0.2) is 8.32 Å². The highest BCUT2D eigenvalue weighted by Crippen LogP contribution is 2.49. The number of hydrogen-bond acceptors (Lipinski definition) is 2. The molecule has 4 atom stereocenters. The third-order valence-corrected chi connectivity index (χ3v) is 11.8. The molecule has 0 spiro atoms. The van der Waals surface area contributed by atoms with E-state index in [-0.39, 0.29) is 22.2 Å². The van der Waals surface area contributed by atoms with E-state index in [1.54, 1.807) is 12.1 Å². The predicted molar refractivity (Wildman–Crippen MR) is 132 cm³/mol. The van der Waals surface area contributed by atoms with Gasteiger partial charge in [0.1, 0.15) is 5.82 Å². The monoisotopic (exact) mass is 481 g/mol. The van der Waals surface area contributed by atoms with Crippen molar-refractivity contribution >= 4 is 31.5 Å². The molecule has 1 aliphatic rings. The Hall–Kier alpha value is -0.913. The zero-order chi connectivity index (χ0) is 23.1. The maximum absolute atomic E-state index is 14.5. The minimum atomic E-state index is -2.15. The molecule has 2 unspecified atom stereocenters. The number of benzene rings is 2. The van der Waals surface area contributed by atoms with Crippen LogP contribution in [0.3, 0.4) is 0 Å². The molecule has 0 bridgehead atoms. The zero-order valence-electron chi connectivity index (χ0n) is 19.5. The average molecular weight is 483 g/mol. The number of rotatable bonds is 7. The fourth-order valence-corrected chi connectivity index (χ4v) is 5.38.